The highest BCUT2D eigenvalue weighted by molar-refractivity contribution is 7.19. The number of carbonyl (C=O) groups is 8. The van der Waals surface area contributed by atoms with Crippen LogP contribution >= 0.6 is 45.3 Å². The minimum absolute atomic E-state index is 0.0142. The van der Waals surface area contributed by atoms with Crippen LogP contribution in [0.3, 0.4) is 0 Å². The molecule has 29 nitrogen and oxygen atoms in total. The standard InChI is InChI=1S/C22H21N3O5S.C22H21N3O4S.2C21H21N3O4S/c26-19(13-3-7-28-8-4-13)20-18(17-2-1-6-30-17)24-22(31-20)25-21(27)14-10-15-12-29-9-5-16(15)23-11-14;26-19(13-6-9-28-10-7-13)20-18(17-5-2-8-29-17)24-22(30-20)25-21(27)15-11-14-3-1-4-16(14)23-12-15;1-12-10-15(11-22-13(12)2)20(26)24-21-23-17(16-4-3-7-28-16)19(29-21)18(25)14-5-8-27-9-6-14;1-2-13-10-15(12-22-11-13)20(26)24-21-23-17(16-4-3-7-28-16)19(29-21)18(25)14-5-8-27-9-6-14/h1-2,6,10-11,13H,3-5,7-9,12H2,(H,24,25,27);2,5,8,11-13H,1,3-4,6-7,9-10H2,(H,24,25,27);3-4,7,10-11,14H,5-6,8-9H2,1-2H3,(H,23,24,26);3-4,7,10-12,14H,2,5-6,8-9H2,1H3,(H,23,24,26). The zero-order chi connectivity index (χ0) is 82.3. The summed E-state index contributed by atoms with van der Waals surface area (Å²) < 4.78 is 48.9. The number of aromatic nitrogens is 8. The number of aryl methyl sites for hydroxylation is 5. The summed E-state index contributed by atoms with van der Waals surface area (Å²) in [5.41, 5.74) is 10.6. The number of furan rings is 4. The van der Waals surface area contributed by atoms with E-state index in [9.17, 15) is 38.4 Å². The lowest BCUT2D eigenvalue weighted by Gasteiger charge is -2.20. The van der Waals surface area contributed by atoms with E-state index in [4.69, 9.17) is 41.4 Å². The molecule has 4 saturated heterocycles. The molecule has 6 aliphatic rings. The Hall–Kier alpha value is -11.4. The number of amides is 4. The number of fused-ring (bicyclic) bond motifs is 2. The zero-order valence-corrected chi connectivity index (χ0v) is 68.6. The molecular weight excluding hydrogens is 1600 g/mol. The highest BCUT2D eigenvalue weighted by Gasteiger charge is 2.35. The van der Waals surface area contributed by atoms with Gasteiger partial charge in [-0.25, -0.2) is 19.9 Å². The van der Waals surface area contributed by atoms with Crippen LogP contribution in [0.2, 0.25) is 0 Å². The highest BCUT2D eigenvalue weighted by Crippen LogP contribution is 2.41. The lowest BCUT2D eigenvalue weighted by Crippen LogP contribution is -2.23. The van der Waals surface area contributed by atoms with Gasteiger partial charge >= 0.3 is 0 Å². The molecule has 0 radical (unpaired) electrons. The van der Waals surface area contributed by atoms with Crippen molar-refractivity contribution < 1.29 is 79.7 Å². The Morgan fingerprint density at radius 2 is 0.731 bits per heavy atom. The van der Waals surface area contributed by atoms with Crippen molar-refractivity contribution in [2.75, 3.05) is 80.7 Å². The molecule has 0 aromatic carbocycles. The molecule has 4 amide bonds. The van der Waals surface area contributed by atoms with Crippen LogP contribution in [0.1, 0.15) is 184 Å². The molecule has 0 saturated carbocycles. The van der Waals surface area contributed by atoms with Gasteiger partial charge in [0.25, 0.3) is 23.6 Å². The zero-order valence-electron chi connectivity index (χ0n) is 65.3. The summed E-state index contributed by atoms with van der Waals surface area (Å²) in [6.07, 6.45) is 24.1. The number of hydrogen-bond acceptors (Lipinski definition) is 29. The maximum Gasteiger partial charge on any atom is 0.259 e. The van der Waals surface area contributed by atoms with Crippen molar-refractivity contribution in [3.8, 4) is 45.8 Å². The normalized spacial score (nSPS) is 15.6. The molecule has 4 N–H and O–H groups in total. The first-order valence-corrected chi connectivity index (χ1v) is 42.6. The first-order valence-electron chi connectivity index (χ1n) is 39.4. The number of carbonyl (C=O) groups excluding carboxylic acids is 8. The van der Waals surface area contributed by atoms with Crippen LogP contribution in [0.15, 0.2) is 147 Å². The molecule has 0 bridgehead atoms. The van der Waals surface area contributed by atoms with Crippen molar-refractivity contribution in [3.63, 3.8) is 0 Å². The molecule has 33 heteroatoms. The quantitative estimate of drug-likeness (QED) is 0.0485. The Morgan fingerprint density at radius 1 is 0.387 bits per heavy atom. The van der Waals surface area contributed by atoms with E-state index in [0.29, 0.717) is 226 Å². The van der Waals surface area contributed by atoms with E-state index >= 15 is 0 Å². The number of pyridine rings is 4. The Kier molecular flexibility index (Phi) is 27.1. The summed E-state index contributed by atoms with van der Waals surface area (Å²) in [6.45, 7) is 11.5. The lowest BCUT2D eigenvalue weighted by molar-refractivity contribution is 0.0546. The van der Waals surface area contributed by atoms with Crippen molar-refractivity contribution in [2.24, 2.45) is 23.7 Å². The Morgan fingerprint density at radius 3 is 1.08 bits per heavy atom. The van der Waals surface area contributed by atoms with E-state index in [0.717, 1.165) is 71.4 Å². The summed E-state index contributed by atoms with van der Waals surface area (Å²) in [5, 5.41) is 12.7. The summed E-state index contributed by atoms with van der Waals surface area (Å²) in [6, 6.07) is 21.3. The van der Waals surface area contributed by atoms with Gasteiger partial charge in [0, 0.05) is 137 Å². The molecule has 614 valence electrons. The summed E-state index contributed by atoms with van der Waals surface area (Å²) in [4.78, 5) is 141. The van der Waals surface area contributed by atoms with Crippen molar-refractivity contribution in [2.45, 2.75) is 111 Å². The van der Waals surface area contributed by atoms with Gasteiger partial charge in [-0.05, 0) is 180 Å². The number of Topliss-reactive ketones (excluding diaryl/α,β-unsaturated/α-hetero) is 4. The second-order valence-electron chi connectivity index (χ2n) is 28.9. The van der Waals surface area contributed by atoms with Gasteiger partial charge in [-0.15, -0.1) is 0 Å². The van der Waals surface area contributed by atoms with Gasteiger partial charge in [0.05, 0.1) is 60.5 Å². The average Bonchev–Trinajstić information content (AvgIpc) is 1.66. The fraction of sp³-hybridized carbons (Fsp3) is 0.349. The van der Waals surface area contributed by atoms with Crippen LogP contribution in [0, 0.1) is 37.5 Å². The summed E-state index contributed by atoms with van der Waals surface area (Å²) >= 11 is 4.72. The van der Waals surface area contributed by atoms with E-state index in [1.165, 1.54) is 76.5 Å². The number of anilines is 4. The van der Waals surface area contributed by atoms with Crippen molar-refractivity contribution >= 4 is 113 Å². The third-order valence-electron chi connectivity index (χ3n) is 21.0. The average molecular weight is 1690 g/mol. The maximum absolute atomic E-state index is 13.2. The summed E-state index contributed by atoms with van der Waals surface area (Å²) in [5.74, 6) is 0.458. The van der Waals surface area contributed by atoms with Gasteiger partial charge in [0.1, 0.15) is 42.3 Å². The number of hydrogen-bond donors (Lipinski definition) is 4. The molecule has 119 heavy (non-hydrogen) atoms. The van der Waals surface area contributed by atoms with Gasteiger partial charge in [-0.3, -0.25) is 79.6 Å². The fourth-order valence-corrected chi connectivity index (χ4v) is 18.2. The maximum atomic E-state index is 13.2. The van der Waals surface area contributed by atoms with Crippen molar-refractivity contribution in [1.29, 1.82) is 0 Å². The lowest BCUT2D eigenvalue weighted by atomic mass is 9.94. The van der Waals surface area contributed by atoms with Gasteiger partial charge in [0.15, 0.2) is 66.7 Å². The highest BCUT2D eigenvalue weighted by atomic mass is 32.1. The Bertz CT molecular complexity index is 5590. The van der Waals surface area contributed by atoms with E-state index < -0.39 is 0 Å². The minimum Gasteiger partial charge on any atom is -0.463 e. The predicted octanol–water partition coefficient (Wildman–Crippen LogP) is 16.4. The molecule has 17 heterocycles. The molecular formula is C86H84N12O17S4. The number of ether oxygens (including phenoxy) is 5. The molecule has 18 rings (SSSR count). The minimum atomic E-state index is -0.328. The monoisotopic (exact) mass is 1680 g/mol. The van der Waals surface area contributed by atoms with Crippen LogP contribution in [0.25, 0.3) is 45.8 Å². The first kappa shape index (κ1) is 82.7. The van der Waals surface area contributed by atoms with Gasteiger partial charge in [-0.1, -0.05) is 52.3 Å². The number of ketones is 4. The molecule has 0 spiro atoms. The molecule has 5 aliphatic heterocycles. The Balaban J connectivity index is 0.000000124. The molecule has 0 atom stereocenters. The third kappa shape index (κ3) is 20.1. The fourth-order valence-electron chi connectivity index (χ4n) is 14.2. The van der Waals surface area contributed by atoms with Crippen LogP contribution in [-0.2, 0) is 56.0 Å². The largest absolute Gasteiger partial charge is 0.463 e. The van der Waals surface area contributed by atoms with E-state index in [-0.39, 0.29) is 70.4 Å². The summed E-state index contributed by atoms with van der Waals surface area (Å²) in [7, 11) is 0. The van der Waals surface area contributed by atoms with E-state index in [1.54, 1.807) is 91.6 Å². The van der Waals surface area contributed by atoms with E-state index in [2.05, 4.69) is 61.1 Å². The van der Waals surface area contributed by atoms with Gasteiger partial charge < -0.3 is 41.4 Å². The smallest absolute Gasteiger partial charge is 0.259 e. The van der Waals surface area contributed by atoms with E-state index in [1.807, 2.05) is 26.8 Å². The molecule has 12 aromatic heterocycles. The molecule has 1 aliphatic carbocycles. The molecule has 0 unspecified atom stereocenters. The molecule has 4 fully saturated rings. The number of nitrogens with one attached hydrogen (secondary N) is 4. The van der Waals surface area contributed by atoms with Crippen LogP contribution in [-0.4, -0.2) is 146 Å². The van der Waals surface area contributed by atoms with Gasteiger partial charge in [-0.2, -0.15) is 0 Å². The predicted molar refractivity (Wildman–Crippen MR) is 444 cm³/mol. The number of nitrogens with zero attached hydrogens (tertiary/aromatic N) is 8. The third-order valence-corrected chi connectivity index (χ3v) is 24.9. The van der Waals surface area contributed by atoms with Crippen molar-refractivity contribution in [3.05, 3.63) is 210 Å². The molecule has 12 aromatic rings. The number of thiazole rings is 4. The van der Waals surface area contributed by atoms with Crippen LogP contribution < -0.4 is 21.3 Å². The second-order valence-corrected chi connectivity index (χ2v) is 32.9. The van der Waals surface area contributed by atoms with Crippen molar-refractivity contribution in [1.82, 2.24) is 39.9 Å². The Labute approximate surface area is 698 Å². The SMILES string of the molecule is CCc1cncc(C(=O)Nc2nc(-c3ccco3)c(C(=O)C3CCOCC3)s2)c1.Cc1cc(C(=O)Nc2nc(-c3ccco3)c(C(=O)C3CCOCC3)s2)cnc1C.O=C(Nc1nc(-c2ccco2)c(C(=O)C2CCOCC2)s1)c1cnc2c(c1)CCC2.O=C(Nc1nc(-c2ccco2)c(C(=O)C2CCOCC2)s1)c1cnc2c(c1)COCC2. The van der Waals surface area contributed by atoms with Crippen LogP contribution in [0.4, 0.5) is 20.5 Å². The topological polar surface area (TPSA) is 387 Å². The second kappa shape index (κ2) is 39.0. The first-order chi connectivity index (χ1) is 58.1. The number of rotatable bonds is 21. The van der Waals surface area contributed by atoms with Gasteiger partial charge in [0.2, 0.25) is 0 Å². The van der Waals surface area contributed by atoms with Crippen LogP contribution in [0.5, 0.6) is 0 Å².